The van der Waals surface area contributed by atoms with Crippen molar-refractivity contribution >= 4 is 6.09 Å². The molecule has 1 saturated heterocycles. The molecular weight excluding hydrogens is 470 g/mol. The van der Waals surface area contributed by atoms with Crippen LogP contribution in [-0.2, 0) is 14.2 Å². The van der Waals surface area contributed by atoms with E-state index in [0.717, 1.165) is 32.1 Å². The van der Waals surface area contributed by atoms with Gasteiger partial charge in [-0.1, -0.05) is 11.6 Å². The highest BCUT2D eigenvalue weighted by Crippen LogP contribution is 2.47. The number of hydrogen-bond donors (Lipinski definition) is 3. The molecule has 1 saturated carbocycles. The van der Waals surface area contributed by atoms with Gasteiger partial charge in [-0.3, -0.25) is 0 Å². The highest BCUT2D eigenvalue weighted by atomic mass is 19.1. The van der Waals surface area contributed by atoms with Gasteiger partial charge in [0.25, 0.3) is 0 Å². The van der Waals surface area contributed by atoms with Crippen molar-refractivity contribution in [3.63, 3.8) is 0 Å². The molecule has 7 nitrogen and oxygen atoms in total. The monoisotopic (exact) mass is 510 g/mol. The van der Waals surface area contributed by atoms with Crippen LogP contribution in [0.5, 0.6) is 0 Å². The lowest BCUT2D eigenvalue weighted by atomic mass is 9.81. The van der Waals surface area contributed by atoms with E-state index in [1.54, 1.807) is 20.8 Å². The van der Waals surface area contributed by atoms with E-state index < -0.39 is 35.8 Å². The van der Waals surface area contributed by atoms with Gasteiger partial charge in [-0.05, 0) is 82.9 Å². The Hall–Kier alpha value is -1.81. The predicted molar refractivity (Wildman–Crippen MR) is 132 cm³/mol. The minimum absolute atomic E-state index is 0.0900. The van der Waals surface area contributed by atoms with Crippen LogP contribution in [0.15, 0.2) is 35.2 Å². The Morgan fingerprint density at radius 2 is 2.11 bits per heavy atom. The van der Waals surface area contributed by atoms with Gasteiger partial charge < -0.3 is 30.0 Å². The summed E-state index contributed by atoms with van der Waals surface area (Å²) < 4.78 is 44.3. The van der Waals surface area contributed by atoms with Crippen molar-refractivity contribution in [3.8, 4) is 0 Å². The lowest BCUT2D eigenvalue weighted by molar-refractivity contribution is 0.0253. The second kappa shape index (κ2) is 11.3. The largest absolute Gasteiger partial charge is 0.444 e. The number of halogens is 2. The van der Waals surface area contributed by atoms with E-state index in [0.29, 0.717) is 24.9 Å². The number of aliphatic hydroxyl groups is 1. The van der Waals surface area contributed by atoms with Gasteiger partial charge in [0.15, 0.2) is 0 Å². The minimum atomic E-state index is -1.42. The van der Waals surface area contributed by atoms with Gasteiger partial charge >= 0.3 is 6.09 Å². The number of carbonyl (C=O) groups excluding carboxylic acids is 1. The smallest absolute Gasteiger partial charge is 0.407 e. The molecule has 0 bridgehead atoms. The third kappa shape index (κ3) is 7.37. The Kier molecular flexibility index (Phi) is 8.54. The fourth-order valence-electron chi connectivity index (χ4n) is 5.36. The lowest BCUT2D eigenvalue weighted by Gasteiger charge is -2.33. The molecule has 0 aromatic heterocycles. The number of aliphatic hydroxyl groups excluding tert-OH is 1. The highest BCUT2D eigenvalue weighted by molar-refractivity contribution is 5.68. The summed E-state index contributed by atoms with van der Waals surface area (Å²) in [6.07, 6.45) is 6.75. The number of ether oxygens (including phenoxy) is 3. The zero-order chi connectivity index (χ0) is 25.9. The first-order valence-corrected chi connectivity index (χ1v) is 13.1. The van der Waals surface area contributed by atoms with Crippen LogP contribution in [0.4, 0.5) is 13.6 Å². The molecule has 1 heterocycles. The van der Waals surface area contributed by atoms with Crippen LogP contribution in [0.2, 0.25) is 0 Å². The minimum Gasteiger partial charge on any atom is -0.444 e. The third-order valence-corrected chi connectivity index (χ3v) is 7.35. The Morgan fingerprint density at radius 3 is 2.75 bits per heavy atom. The molecule has 2 fully saturated rings. The van der Waals surface area contributed by atoms with Gasteiger partial charge in [0.05, 0.1) is 24.9 Å². The normalized spacial score (nSPS) is 29.5. The number of amides is 1. The zero-order valence-electron chi connectivity index (χ0n) is 21.5. The summed E-state index contributed by atoms with van der Waals surface area (Å²) in [6.45, 7) is 6.48. The molecule has 9 heteroatoms. The first-order chi connectivity index (χ1) is 17.0. The van der Waals surface area contributed by atoms with Crippen LogP contribution in [0.3, 0.4) is 0 Å². The van der Waals surface area contributed by atoms with Crippen LogP contribution in [0.1, 0.15) is 65.7 Å². The Bertz CT molecular complexity index is 887. The van der Waals surface area contributed by atoms with Gasteiger partial charge in [-0.2, -0.15) is 0 Å². The molecule has 0 spiro atoms. The number of nitrogens with one attached hydrogen (secondary N) is 2. The molecule has 4 rings (SSSR count). The number of carbonyl (C=O) groups is 1. The van der Waals surface area contributed by atoms with E-state index in [9.17, 15) is 18.7 Å². The van der Waals surface area contributed by atoms with Crippen LogP contribution in [0.25, 0.3) is 0 Å². The van der Waals surface area contributed by atoms with Gasteiger partial charge in [0, 0.05) is 18.5 Å². The maximum atomic E-state index is 13.9. The van der Waals surface area contributed by atoms with Crippen LogP contribution >= 0.6 is 0 Å². The molecule has 1 amide bonds. The number of alkyl halides is 1. The SMILES string of the molecule is CC(C)(C)OC(=O)NC(CC1=CC(F)CC(F)=C1)C(O)CNC1(C2=CCCC(C3COCO3)C2)CC1. The van der Waals surface area contributed by atoms with E-state index in [1.165, 1.54) is 17.7 Å². The quantitative estimate of drug-likeness (QED) is 0.399. The topological polar surface area (TPSA) is 89.1 Å². The maximum Gasteiger partial charge on any atom is 0.407 e. The first kappa shape index (κ1) is 27.2. The van der Waals surface area contributed by atoms with Gasteiger partial charge in [-0.25, -0.2) is 13.6 Å². The highest BCUT2D eigenvalue weighted by Gasteiger charge is 2.47. The first-order valence-electron chi connectivity index (χ1n) is 13.1. The van der Waals surface area contributed by atoms with E-state index in [1.807, 2.05) is 0 Å². The third-order valence-electron chi connectivity index (χ3n) is 7.35. The van der Waals surface area contributed by atoms with Crippen molar-refractivity contribution in [3.05, 3.63) is 35.2 Å². The van der Waals surface area contributed by atoms with Crippen LogP contribution < -0.4 is 10.6 Å². The molecule has 202 valence electrons. The summed E-state index contributed by atoms with van der Waals surface area (Å²) >= 11 is 0. The molecule has 3 N–H and O–H groups in total. The van der Waals surface area contributed by atoms with Crippen LogP contribution in [0, 0.1) is 5.92 Å². The fourth-order valence-corrected chi connectivity index (χ4v) is 5.36. The molecule has 4 aliphatic rings. The number of rotatable bonds is 9. The Morgan fingerprint density at radius 1 is 1.33 bits per heavy atom. The van der Waals surface area contributed by atoms with E-state index in [-0.39, 0.29) is 31.0 Å². The molecule has 0 aromatic rings. The van der Waals surface area contributed by atoms with Crippen molar-refractivity contribution in [1.29, 1.82) is 0 Å². The summed E-state index contributed by atoms with van der Waals surface area (Å²) in [5, 5.41) is 17.4. The second-order valence-corrected chi connectivity index (χ2v) is 11.5. The lowest BCUT2D eigenvalue weighted by Crippen LogP contribution is -2.51. The standard InChI is InChI=1S/C27H40F2N2O5/c1-26(2,3)36-25(33)31-22(11-17-9-20(28)13-21(29)10-17)23(32)14-30-27(7-8-27)19-6-4-5-18(12-19)24-15-34-16-35-24/h6,9-10,18,20,22-24,30,32H,4-5,7-8,11-16H2,1-3H3,(H,31,33). The molecule has 0 radical (unpaired) electrons. The van der Waals surface area contributed by atoms with Gasteiger partial charge in [0.2, 0.25) is 0 Å². The summed E-state index contributed by atoms with van der Waals surface area (Å²) in [4.78, 5) is 12.5. The zero-order valence-corrected chi connectivity index (χ0v) is 21.5. The summed E-state index contributed by atoms with van der Waals surface area (Å²) in [5.74, 6) is -0.122. The number of allylic oxidation sites excluding steroid dienone is 4. The summed E-state index contributed by atoms with van der Waals surface area (Å²) in [6, 6.07) is -0.777. The molecular formula is C27H40F2N2O5. The molecule has 3 aliphatic carbocycles. The fraction of sp³-hybridized carbons (Fsp3) is 0.741. The Balaban J connectivity index is 1.39. The molecule has 5 unspecified atom stereocenters. The average molecular weight is 511 g/mol. The van der Waals surface area contributed by atoms with E-state index in [2.05, 4.69) is 16.7 Å². The summed E-state index contributed by atoms with van der Waals surface area (Å²) in [7, 11) is 0. The van der Waals surface area contributed by atoms with Gasteiger partial charge in [-0.15, -0.1) is 0 Å². The van der Waals surface area contributed by atoms with Crippen molar-refractivity contribution < 1.29 is 32.9 Å². The predicted octanol–water partition coefficient (Wildman–Crippen LogP) is 4.37. The number of alkyl carbamates (subject to hydrolysis) is 1. The molecule has 0 aromatic carbocycles. The second-order valence-electron chi connectivity index (χ2n) is 11.5. The molecule has 5 atom stereocenters. The molecule has 36 heavy (non-hydrogen) atoms. The number of hydrogen-bond acceptors (Lipinski definition) is 6. The summed E-state index contributed by atoms with van der Waals surface area (Å²) in [5.41, 5.74) is 0.881. The number of β-amino-alcohol motifs (C(OH)–C–C–N with tert-alkyl or cyclic N) is 1. The molecule has 1 aliphatic heterocycles. The van der Waals surface area contributed by atoms with Crippen LogP contribution in [-0.4, -0.2) is 66.7 Å². The van der Waals surface area contributed by atoms with Crippen molar-refractivity contribution in [1.82, 2.24) is 10.6 Å². The van der Waals surface area contributed by atoms with E-state index >= 15 is 0 Å². The van der Waals surface area contributed by atoms with Crippen molar-refractivity contribution in [2.75, 3.05) is 19.9 Å². The Labute approximate surface area is 212 Å². The van der Waals surface area contributed by atoms with Gasteiger partial charge in [0.1, 0.15) is 24.4 Å². The average Bonchev–Trinajstić information content (AvgIpc) is 3.38. The maximum absolute atomic E-state index is 13.9. The van der Waals surface area contributed by atoms with Crippen molar-refractivity contribution in [2.45, 2.75) is 101 Å². The van der Waals surface area contributed by atoms with Crippen molar-refractivity contribution in [2.24, 2.45) is 5.92 Å². The van der Waals surface area contributed by atoms with E-state index in [4.69, 9.17) is 14.2 Å².